The predicted octanol–water partition coefficient (Wildman–Crippen LogP) is 1.75. The summed E-state index contributed by atoms with van der Waals surface area (Å²) in [6.07, 6.45) is 1.67. The maximum absolute atomic E-state index is 9.62. The van der Waals surface area contributed by atoms with Crippen LogP contribution in [-0.2, 0) is 0 Å². The van der Waals surface area contributed by atoms with Crippen molar-refractivity contribution in [1.29, 1.82) is 0 Å². The van der Waals surface area contributed by atoms with E-state index >= 15 is 0 Å². The summed E-state index contributed by atoms with van der Waals surface area (Å²) < 4.78 is 0. The molecule has 21 heavy (non-hydrogen) atoms. The number of nitrogens with two attached hydrogens (primary N) is 1. The Balaban J connectivity index is 2.00. The minimum absolute atomic E-state index is 0.0672. The van der Waals surface area contributed by atoms with E-state index in [1.165, 1.54) is 0 Å². The second-order valence-corrected chi connectivity index (χ2v) is 4.59. The number of aliphatic hydroxyl groups excluding tert-OH is 1. The number of hydrogen-bond acceptors (Lipinski definition) is 6. The molecule has 0 aliphatic heterocycles. The number of fused-ring (bicyclic) bond motifs is 1. The van der Waals surface area contributed by atoms with Gasteiger partial charge in [-0.1, -0.05) is 30.3 Å². The molecule has 6 nitrogen and oxygen atoms in total. The minimum Gasteiger partial charge on any atom is -0.394 e. The molecule has 0 radical (unpaired) electrons. The number of nitrogens with zero attached hydrogens (tertiary/aromatic N) is 3. The summed E-state index contributed by atoms with van der Waals surface area (Å²) in [5.41, 5.74) is 7.98. The zero-order valence-corrected chi connectivity index (χ0v) is 11.3. The normalized spacial score (nSPS) is 12.2. The van der Waals surface area contributed by atoms with Crippen LogP contribution >= 0.6 is 0 Å². The van der Waals surface area contributed by atoms with Gasteiger partial charge < -0.3 is 16.2 Å². The maximum Gasteiger partial charge on any atom is 0.222 e. The lowest BCUT2D eigenvalue weighted by molar-refractivity contribution is 0.276. The lowest BCUT2D eigenvalue weighted by atomic mass is 10.1. The zero-order valence-electron chi connectivity index (χ0n) is 11.3. The quantitative estimate of drug-likeness (QED) is 0.674. The Morgan fingerprint density at radius 1 is 1.10 bits per heavy atom. The van der Waals surface area contributed by atoms with Crippen LogP contribution in [0.5, 0.6) is 0 Å². The lowest BCUT2D eigenvalue weighted by Crippen LogP contribution is -2.16. The van der Waals surface area contributed by atoms with Gasteiger partial charge in [0.15, 0.2) is 5.82 Å². The van der Waals surface area contributed by atoms with Crippen molar-refractivity contribution in [2.24, 2.45) is 0 Å². The highest BCUT2D eigenvalue weighted by atomic mass is 16.3. The number of nitrogen functional groups attached to an aromatic ring is 1. The van der Waals surface area contributed by atoms with Gasteiger partial charge in [0.2, 0.25) is 5.95 Å². The number of nitrogens with one attached hydrogen (secondary N) is 1. The van der Waals surface area contributed by atoms with E-state index in [1.54, 1.807) is 12.3 Å². The van der Waals surface area contributed by atoms with E-state index in [2.05, 4.69) is 20.3 Å². The van der Waals surface area contributed by atoms with Crippen LogP contribution < -0.4 is 11.1 Å². The molecule has 1 atom stereocenters. The van der Waals surface area contributed by atoms with Crippen LogP contribution in [-0.4, -0.2) is 26.7 Å². The second-order valence-electron chi connectivity index (χ2n) is 4.59. The highest BCUT2D eigenvalue weighted by molar-refractivity contribution is 5.86. The van der Waals surface area contributed by atoms with Crippen LogP contribution in [0.3, 0.4) is 0 Å². The molecular weight excluding hydrogens is 266 g/mol. The van der Waals surface area contributed by atoms with Crippen molar-refractivity contribution >= 4 is 22.8 Å². The highest BCUT2D eigenvalue weighted by Gasteiger charge is 2.14. The van der Waals surface area contributed by atoms with E-state index in [0.29, 0.717) is 16.9 Å². The van der Waals surface area contributed by atoms with Gasteiger partial charge in [-0.25, -0.2) is 4.98 Å². The summed E-state index contributed by atoms with van der Waals surface area (Å²) in [6, 6.07) is 13.0. The van der Waals surface area contributed by atoms with Crippen LogP contribution in [0, 0.1) is 0 Å². The maximum atomic E-state index is 9.62. The summed E-state index contributed by atoms with van der Waals surface area (Å²) >= 11 is 0. The molecule has 0 aliphatic rings. The largest absolute Gasteiger partial charge is 0.394 e. The molecule has 3 rings (SSSR count). The van der Waals surface area contributed by atoms with Gasteiger partial charge >= 0.3 is 0 Å². The van der Waals surface area contributed by atoms with E-state index in [1.807, 2.05) is 36.4 Å². The van der Waals surface area contributed by atoms with Crippen LogP contribution in [0.25, 0.3) is 11.0 Å². The standard InChI is InChI=1S/C15H15N5O/c16-15-19-11-7-4-8-17-13(11)14(20-15)18-12(9-21)10-5-2-1-3-6-10/h1-8,12,21H,9H2,(H3,16,18,19,20)/t12-/m1/s1. The van der Waals surface area contributed by atoms with Crippen molar-refractivity contribution < 1.29 is 5.11 Å². The Morgan fingerprint density at radius 2 is 1.90 bits per heavy atom. The van der Waals surface area contributed by atoms with E-state index in [0.717, 1.165) is 5.56 Å². The molecule has 0 amide bonds. The van der Waals surface area contributed by atoms with Crippen molar-refractivity contribution in [2.45, 2.75) is 6.04 Å². The molecule has 0 spiro atoms. The topological polar surface area (TPSA) is 97.0 Å². The third-order valence-corrected chi connectivity index (χ3v) is 3.17. The summed E-state index contributed by atoms with van der Waals surface area (Å²) in [7, 11) is 0. The van der Waals surface area contributed by atoms with E-state index in [4.69, 9.17) is 5.73 Å². The first kappa shape index (κ1) is 13.3. The monoisotopic (exact) mass is 281 g/mol. The van der Waals surface area contributed by atoms with E-state index < -0.39 is 0 Å². The number of aromatic nitrogens is 3. The highest BCUT2D eigenvalue weighted by Crippen LogP contribution is 2.23. The summed E-state index contributed by atoms with van der Waals surface area (Å²) in [5, 5.41) is 12.8. The predicted molar refractivity (Wildman–Crippen MR) is 81.6 cm³/mol. The van der Waals surface area contributed by atoms with Crippen LogP contribution in [0.1, 0.15) is 11.6 Å². The molecule has 2 heterocycles. The van der Waals surface area contributed by atoms with E-state index in [-0.39, 0.29) is 18.6 Å². The fourth-order valence-corrected chi connectivity index (χ4v) is 2.17. The van der Waals surface area contributed by atoms with Gasteiger partial charge in [-0.15, -0.1) is 0 Å². The first-order valence-electron chi connectivity index (χ1n) is 6.58. The van der Waals surface area contributed by atoms with Crippen LogP contribution in [0.15, 0.2) is 48.7 Å². The van der Waals surface area contributed by atoms with Gasteiger partial charge in [-0.2, -0.15) is 4.98 Å². The molecule has 0 unspecified atom stereocenters. The average Bonchev–Trinajstić information content (AvgIpc) is 2.53. The second kappa shape index (κ2) is 5.72. The van der Waals surface area contributed by atoms with Crippen molar-refractivity contribution in [3.63, 3.8) is 0 Å². The van der Waals surface area contributed by atoms with Gasteiger partial charge in [0.25, 0.3) is 0 Å². The molecule has 0 saturated heterocycles. The van der Waals surface area contributed by atoms with Gasteiger partial charge in [0.1, 0.15) is 5.52 Å². The van der Waals surface area contributed by atoms with Gasteiger partial charge in [-0.05, 0) is 17.7 Å². The fraction of sp³-hybridized carbons (Fsp3) is 0.133. The molecule has 0 saturated carbocycles. The van der Waals surface area contributed by atoms with Crippen molar-refractivity contribution in [2.75, 3.05) is 17.7 Å². The molecule has 0 bridgehead atoms. The Morgan fingerprint density at radius 3 is 2.67 bits per heavy atom. The van der Waals surface area contributed by atoms with Crippen molar-refractivity contribution in [3.05, 3.63) is 54.2 Å². The first-order chi connectivity index (χ1) is 10.3. The van der Waals surface area contributed by atoms with E-state index in [9.17, 15) is 5.11 Å². The van der Waals surface area contributed by atoms with Gasteiger partial charge in [-0.3, -0.25) is 4.98 Å². The van der Waals surface area contributed by atoms with Crippen LogP contribution in [0.2, 0.25) is 0 Å². The Bertz CT molecular complexity index is 747. The zero-order chi connectivity index (χ0) is 14.7. The lowest BCUT2D eigenvalue weighted by Gasteiger charge is -2.18. The molecule has 3 aromatic rings. The molecular formula is C15H15N5O. The number of aliphatic hydroxyl groups is 1. The first-order valence-corrected chi connectivity index (χ1v) is 6.58. The number of pyridine rings is 1. The molecule has 1 aromatic carbocycles. The smallest absolute Gasteiger partial charge is 0.222 e. The number of benzene rings is 1. The number of anilines is 2. The fourth-order valence-electron chi connectivity index (χ4n) is 2.17. The van der Waals surface area contributed by atoms with Gasteiger partial charge in [0.05, 0.1) is 18.2 Å². The van der Waals surface area contributed by atoms with Gasteiger partial charge in [0, 0.05) is 6.20 Å². The molecule has 4 N–H and O–H groups in total. The molecule has 6 heteroatoms. The van der Waals surface area contributed by atoms with Crippen molar-refractivity contribution in [1.82, 2.24) is 15.0 Å². The molecule has 2 aromatic heterocycles. The summed E-state index contributed by atoms with van der Waals surface area (Å²) in [4.78, 5) is 12.6. The molecule has 0 fully saturated rings. The third kappa shape index (κ3) is 2.75. The Hall–Kier alpha value is -2.73. The number of rotatable bonds is 4. The summed E-state index contributed by atoms with van der Waals surface area (Å²) in [5.74, 6) is 0.684. The van der Waals surface area contributed by atoms with Crippen LogP contribution in [0.4, 0.5) is 11.8 Å². The molecule has 0 aliphatic carbocycles. The number of hydrogen-bond donors (Lipinski definition) is 3. The Labute approximate surface area is 121 Å². The summed E-state index contributed by atoms with van der Waals surface area (Å²) in [6.45, 7) is -0.0672. The van der Waals surface area contributed by atoms with Crippen molar-refractivity contribution in [3.8, 4) is 0 Å². The third-order valence-electron chi connectivity index (χ3n) is 3.17. The average molecular weight is 281 g/mol. The minimum atomic E-state index is -0.286. The Kier molecular flexibility index (Phi) is 3.61. The molecule has 106 valence electrons. The SMILES string of the molecule is Nc1nc(N[C@H](CO)c2ccccc2)c2ncccc2n1.